The van der Waals surface area contributed by atoms with E-state index in [4.69, 9.17) is 10.8 Å². The zero-order valence-electron chi connectivity index (χ0n) is 13.5. The molecule has 1 saturated carbocycles. The number of nitrogens with two attached hydrogens (primary N) is 1. The summed E-state index contributed by atoms with van der Waals surface area (Å²) in [5, 5.41) is 8.12. The van der Waals surface area contributed by atoms with Crippen LogP contribution in [0.1, 0.15) is 51.6 Å². The summed E-state index contributed by atoms with van der Waals surface area (Å²) < 4.78 is 2.02. The quantitative estimate of drug-likeness (QED) is 0.911. The van der Waals surface area contributed by atoms with Gasteiger partial charge in [0, 0.05) is 30.4 Å². The van der Waals surface area contributed by atoms with E-state index in [1.807, 2.05) is 4.68 Å². The summed E-state index contributed by atoms with van der Waals surface area (Å²) in [5.74, 6) is 1.97. The molecule has 0 radical (unpaired) electrons. The van der Waals surface area contributed by atoms with Crippen molar-refractivity contribution in [2.45, 2.75) is 57.5 Å². The molecule has 3 rings (SSSR count). The van der Waals surface area contributed by atoms with Crippen molar-refractivity contribution in [1.29, 1.82) is 0 Å². The number of nitrogens with one attached hydrogen (secondary N) is 1. The minimum absolute atomic E-state index is 0.115. The molecular weight excluding hydrogens is 276 g/mol. The molecule has 2 aromatic rings. The summed E-state index contributed by atoms with van der Waals surface area (Å²) in [7, 11) is 0. The maximum atomic E-state index is 6.05. The van der Waals surface area contributed by atoms with E-state index in [-0.39, 0.29) is 5.54 Å². The summed E-state index contributed by atoms with van der Waals surface area (Å²) in [4.78, 5) is 8.47. The van der Waals surface area contributed by atoms with Crippen molar-refractivity contribution < 1.29 is 0 Å². The Morgan fingerprint density at radius 1 is 1.23 bits per heavy atom. The highest BCUT2D eigenvalue weighted by atomic mass is 15.4. The Kier molecular flexibility index (Phi) is 3.87. The first-order valence-corrected chi connectivity index (χ1v) is 7.83. The monoisotopic (exact) mass is 300 g/mol. The molecule has 1 aliphatic carbocycles. The molecule has 2 unspecified atom stereocenters. The molecule has 6 nitrogen and oxygen atoms in total. The molecule has 0 aliphatic heterocycles. The van der Waals surface area contributed by atoms with Gasteiger partial charge in [-0.25, -0.2) is 14.6 Å². The molecule has 0 bridgehead atoms. The fourth-order valence-electron chi connectivity index (χ4n) is 2.96. The Morgan fingerprint density at radius 2 is 1.95 bits per heavy atom. The van der Waals surface area contributed by atoms with Crippen LogP contribution in [0.4, 0.5) is 11.8 Å². The van der Waals surface area contributed by atoms with Gasteiger partial charge in [0.05, 0.1) is 11.2 Å². The lowest BCUT2D eigenvalue weighted by molar-refractivity contribution is 0.356. The largest absolute Gasteiger partial charge is 0.328 e. The van der Waals surface area contributed by atoms with Gasteiger partial charge in [-0.15, -0.1) is 0 Å². The van der Waals surface area contributed by atoms with Crippen molar-refractivity contribution >= 4 is 11.8 Å². The van der Waals surface area contributed by atoms with Gasteiger partial charge in [-0.3, -0.25) is 0 Å². The second-order valence-electron chi connectivity index (χ2n) is 7.00. The molecule has 2 heterocycles. The van der Waals surface area contributed by atoms with Gasteiger partial charge in [-0.1, -0.05) is 0 Å². The molecule has 2 atom stereocenters. The van der Waals surface area contributed by atoms with Crippen LogP contribution < -0.4 is 11.1 Å². The summed E-state index contributed by atoms with van der Waals surface area (Å²) in [6.45, 7) is 6.42. The van der Waals surface area contributed by atoms with Gasteiger partial charge in [-0.2, -0.15) is 5.10 Å². The van der Waals surface area contributed by atoms with Crippen LogP contribution in [0, 0.1) is 0 Å². The molecule has 3 N–H and O–H groups in total. The van der Waals surface area contributed by atoms with Crippen LogP contribution in [0.3, 0.4) is 0 Å². The first-order chi connectivity index (χ1) is 10.4. The van der Waals surface area contributed by atoms with Gasteiger partial charge in [0.2, 0.25) is 5.95 Å². The number of hydrogen-bond donors (Lipinski definition) is 2. The smallest absolute Gasteiger partial charge is 0.228 e. The third-order valence-corrected chi connectivity index (χ3v) is 4.06. The van der Waals surface area contributed by atoms with Crippen molar-refractivity contribution in [3.8, 4) is 0 Å². The topological polar surface area (TPSA) is 81.7 Å². The molecule has 118 valence electrons. The number of nitrogens with zero attached hydrogens (tertiary/aromatic N) is 4. The average Bonchev–Trinajstić information content (AvgIpc) is 3.06. The maximum Gasteiger partial charge on any atom is 0.228 e. The van der Waals surface area contributed by atoms with Gasteiger partial charge in [0.1, 0.15) is 5.82 Å². The van der Waals surface area contributed by atoms with Crippen molar-refractivity contribution in [2.24, 2.45) is 5.73 Å². The molecule has 6 heteroatoms. The van der Waals surface area contributed by atoms with Gasteiger partial charge in [0.25, 0.3) is 0 Å². The Morgan fingerprint density at radius 3 is 2.55 bits per heavy atom. The molecule has 22 heavy (non-hydrogen) atoms. The van der Waals surface area contributed by atoms with E-state index in [1.165, 1.54) is 0 Å². The van der Waals surface area contributed by atoms with Crippen molar-refractivity contribution in [3.05, 3.63) is 30.2 Å². The summed E-state index contributed by atoms with van der Waals surface area (Å²) >= 11 is 0. The molecule has 2 aromatic heterocycles. The van der Waals surface area contributed by atoms with E-state index in [2.05, 4.69) is 42.1 Å². The zero-order valence-corrected chi connectivity index (χ0v) is 13.5. The Labute approximate surface area is 131 Å². The molecular formula is C16H24N6. The van der Waals surface area contributed by atoms with Gasteiger partial charge in [0.15, 0.2) is 0 Å². The molecule has 0 aromatic carbocycles. The Hall–Kier alpha value is -1.95. The van der Waals surface area contributed by atoms with E-state index in [9.17, 15) is 0 Å². The lowest BCUT2D eigenvalue weighted by Crippen LogP contribution is -2.25. The number of aromatic nitrogens is 4. The molecule has 0 saturated heterocycles. The fourth-order valence-corrected chi connectivity index (χ4v) is 2.96. The number of hydrogen-bond acceptors (Lipinski definition) is 5. The van der Waals surface area contributed by atoms with Crippen molar-refractivity contribution in [1.82, 2.24) is 19.7 Å². The third-order valence-electron chi connectivity index (χ3n) is 4.06. The molecule has 1 fully saturated rings. The molecule has 0 spiro atoms. The first-order valence-electron chi connectivity index (χ1n) is 7.83. The van der Waals surface area contributed by atoms with Crippen LogP contribution in [-0.4, -0.2) is 25.8 Å². The highest BCUT2D eigenvalue weighted by Crippen LogP contribution is 2.35. The van der Waals surface area contributed by atoms with Crippen molar-refractivity contribution in [3.63, 3.8) is 0 Å². The van der Waals surface area contributed by atoms with Crippen molar-refractivity contribution in [2.75, 3.05) is 5.32 Å². The number of rotatable bonds is 3. The van der Waals surface area contributed by atoms with Crippen LogP contribution in [0.25, 0.3) is 0 Å². The van der Waals surface area contributed by atoms with E-state index in [0.717, 1.165) is 30.8 Å². The third kappa shape index (κ3) is 3.11. The lowest BCUT2D eigenvalue weighted by Gasteiger charge is -2.22. The molecule has 1 aliphatic rings. The summed E-state index contributed by atoms with van der Waals surface area (Å²) in [6.07, 6.45) is 6.66. The van der Waals surface area contributed by atoms with E-state index < -0.39 is 0 Å². The van der Waals surface area contributed by atoms with Gasteiger partial charge < -0.3 is 11.1 Å². The second-order valence-corrected chi connectivity index (χ2v) is 7.00. The van der Waals surface area contributed by atoms with Crippen LogP contribution in [-0.2, 0) is 5.54 Å². The summed E-state index contributed by atoms with van der Waals surface area (Å²) in [5.41, 5.74) is 7.04. The van der Waals surface area contributed by atoms with Gasteiger partial charge in [-0.05, 0) is 46.1 Å². The lowest BCUT2D eigenvalue weighted by atomic mass is 10.0. The van der Waals surface area contributed by atoms with Crippen LogP contribution in [0.2, 0.25) is 0 Å². The van der Waals surface area contributed by atoms with E-state index >= 15 is 0 Å². The van der Waals surface area contributed by atoms with E-state index in [1.54, 1.807) is 18.5 Å². The Balaban J connectivity index is 1.92. The minimum atomic E-state index is -0.115. The highest BCUT2D eigenvalue weighted by Gasteiger charge is 2.28. The van der Waals surface area contributed by atoms with Crippen LogP contribution in [0.15, 0.2) is 24.5 Å². The van der Waals surface area contributed by atoms with Crippen LogP contribution >= 0.6 is 0 Å². The predicted molar refractivity (Wildman–Crippen MR) is 87.1 cm³/mol. The number of anilines is 2. The fraction of sp³-hybridized carbons (Fsp3) is 0.562. The normalized spacial score (nSPS) is 22.0. The highest BCUT2D eigenvalue weighted by molar-refractivity contribution is 5.49. The van der Waals surface area contributed by atoms with Gasteiger partial charge >= 0.3 is 0 Å². The zero-order chi connectivity index (χ0) is 15.7. The van der Waals surface area contributed by atoms with E-state index in [0.29, 0.717) is 17.9 Å². The minimum Gasteiger partial charge on any atom is -0.328 e. The second kappa shape index (κ2) is 5.68. The SMILES string of the molecule is CC(C)(C)n1nc(C2CCC(N)C2)cc1Nc1ncccn1. The summed E-state index contributed by atoms with van der Waals surface area (Å²) in [6, 6.07) is 4.22. The first kappa shape index (κ1) is 15.0. The predicted octanol–water partition coefficient (Wildman–Crippen LogP) is 2.77. The Bertz CT molecular complexity index is 628. The standard InChI is InChI=1S/C16H24N6/c1-16(2,3)22-14(20-15-18-7-4-8-19-15)10-13(21-22)11-5-6-12(17)9-11/h4,7-8,10-12H,5-6,9,17H2,1-3H3,(H,18,19,20). The molecule has 0 amide bonds. The average molecular weight is 300 g/mol. The maximum absolute atomic E-state index is 6.05. The van der Waals surface area contributed by atoms with Crippen LogP contribution in [0.5, 0.6) is 0 Å².